The number of rotatable bonds is 0. The van der Waals surface area contributed by atoms with Gasteiger partial charge in [0.05, 0.1) is 0 Å². The van der Waals surface area contributed by atoms with Gasteiger partial charge in [-0.2, -0.15) is 0 Å². The van der Waals surface area contributed by atoms with Crippen LogP contribution in [0.2, 0.25) is 0 Å². The van der Waals surface area contributed by atoms with Gasteiger partial charge in [0.2, 0.25) is 0 Å². The molecular formula is C18H20O. The predicted octanol–water partition coefficient (Wildman–Crippen LogP) is 3.90. The average molecular weight is 252 g/mol. The van der Waals surface area contributed by atoms with Crippen LogP contribution >= 0.6 is 0 Å². The summed E-state index contributed by atoms with van der Waals surface area (Å²) in [7, 11) is 0. The molecule has 1 heterocycles. The molecule has 19 heavy (non-hydrogen) atoms. The summed E-state index contributed by atoms with van der Waals surface area (Å²) in [6, 6.07) is 6.26. The van der Waals surface area contributed by atoms with Crippen LogP contribution in [0.1, 0.15) is 51.2 Å². The Kier molecular flexibility index (Phi) is 1.81. The van der Waals surface area contributed by atoms with Gasteiger partial charge >= 0.3 is 0 Å². The highest BCUT2D eigenvalue weighted by atomic mass is 16.5. The first-order chi connectivity index (χ1) is 8.94. The average Bonchev–Trinajstić information content (AvgIpc) is 2.95. The van der Waals surface area contributed by atoms with Crippen LogP contribution in [0.25, 0.3) is 0 Å². The van der Waals surface area contributed by atoms with Crippen LogP contribution in [0.4, 0.5) is 0 Å². The Morgan fingerprint density at radius 3 is 2.84 bits per heavy atom. The Balaban J connectivity index is 2.00. The number of terminal acetylenes is 1. The third kappa shape index (κ3) is 0.993. The molecular weight excluding hydrogens is 232 g/mol. The van der Waals surface area contributed by atoms with Crippen LogP contribution in [0.15, 0.2) is 18.2 Å². The second-order valence-electron chi connectivity index (χ2n) is 7.19. The van der Waals surface area contributed by atoms with E-state index in [0.29, 0.717) is 11.3 Å². The summed E-state index contributed by atoms with van der Waals surface area (Å²) in [5.74, 6) is 4.51. The largest absolute Gasteiger partial charge is 0.486 e. The zero-order valence-corrected chi connectivity index (χ0v) is 11.9. The number of benzene rings is 1. The van der Waals surface area contributed by atoms with Crippen LogP contribution in [0.3, 0.4) is 0 Å². The van der Waals surface area contributed by atoms with Crippen LogP contribution < -0.4 is 4.74 Å². The van der Waals surface area contributed by atoms with Crippen molar-refractivity contribution in [2.75, 3.05) is 0 Å². The molecule has 3 aliphatic rings. The van der Waals surface area contributed by atoms with Gasteiger partial charge in [-0.05, 0) is 55.7 Å². The lowest BCUT2D eigenvalue weighted by molar-refractivity contribution is -0.0260. The predicted molar refractivity (Wildman–Crippen MR) is 76.2 cm³/mol. The van der Waals surface area contributed by atoms with E-state index in [9.17, 15) is 0 Å². The van der Waals surface area contributed by atoms with E-state index in [0.717, 1.165) is 11.3 Å². The smallest absolute Gasteiger partial charge is 0.124 e. The molecule has 2 saturated carbocycles. The van der Waals surface area contributed by atoms with Crippen molar-refractivity contribution < 1.29 is 4.74 Å². The molecule has 0 saturated heterocycles. The fourth-order valence-corrected chi connectivity index (χ4v) is 5.28. The Labute approximate surface area is 115 Å². The summed E-state index contributed by atoms with van der Waals surface area (Å²) in [5, 5.41) is 0. The fraction of sp³-hybridized carbons (Fsp3) is 0.556. The molecule has 4 unspecified atom stereocenters. The Morgan fingerprint density at radius 2 is 2.11 bits per heavy atom. The maximum atomic E-state index is 6.45. The van der Waals surface area contributed by atoms with Gasteiger partial charge in [0.1, 0.15) is 11.4 Å². The Bertz CT molecular complexity index is 625. The highest BCUT2D eigenvalue weighted by molar-refractivity contribution is 5.55. The van der Waals surface area contributed by atoms with Crippen molar-refractivity contribution in [3.05, 3.63) is 29.3 Å². The molecule has 4 atom stereocenters. The van der Waals surface area contributed by atoms with E-state index in [1.165, 1.54) is 24.8 Å². The van der Waals surface area contributed by atoms with Crippen LogP contribution in [-0.4, -0.2) is 5.60 Å². The van der Waals surface area contributed by atoms with Gasteiger partial charge in [-0.1, -0.05) is 19.8 Å². The molecule has 0 spiro atoms. The normalized spacial score (nSPS) is 45.5. The molecule has 2 aliphatic carbocycles. The molecule has 1 aliphatic heterocycles. The summed E-state index contributed by atoms with van der Waals surface area (Å²) in [6.07, 6.45) is 9.48. The molecule has 0 aromatic heterocycles. The highest BCUT2D eigenvalue weighted by Gasteiger charge is 2.73. The first-order valence-corrected chi connectivity index (χ1v) is 7.25. The maximum Gasteiger partial charge on any atom is 0.124 e. The monoisotopic (exact) mass is 252 g/mol. The van der Waals surface area contributed by atoms with Crippen molar-refractivity contribution in [2.24, 2.45) is 11.3 Å². The molecule has 2 fully saturated rings. The first kappa shape index (κ1) is 11.4. The molecule has 1 aromatic carbocycles. The van der Waals surface area contributed by atoms with Gasteiger partial charge in [-0.3, -0.25) is 0 Å². The molecule has 0 amide bonds. The van der Waals surface area contributed by atoms with Gasteiger partial charge in [-0.15, -0.1) is 6.42 Å². The standard InChI is InChI=1S/C18H20O/c1-5-12-6-7-15-14(10-12)17(3)16(2)9-8-13(11-16)18(17,4)19-15/h1,6-7,10,13H,8-9,11H2,2-4H3. The van der Waals surface area contributed by atoms with E-state index in [1.54, 1.807) is 0 Å². The fourth-order valence-electron chi connectivity index (χ4n) is 5.28. The molecule has 2 bridgehead atoms. The van der Waals surface area contributed by atoms with E-state index >= 15 is 0 Å². The van der Waals surface area contributed by atoms with Crippen LogP contribution in [-0.2, 0) is 5.41 Å². The lowest BCUT2D eigenvalue weighted by Crippen LogP contribution is -2.54. The SMILES string of the molecule is C#Cc1ccc2c(c1)C1(C)C3(C)CCC(C3)C1(C)O2. The molecule has 4 rings (SSSR count). The van der Waals surface area contributed by atoms with Crippen LogP contribution in [0, 0.1) is 23.7 Å². The molecule has 1 heteroatoms. The number of hydrogen-bond acceptors (Lipinski definition) is 1. The number of ether oxygens (including phenoxy) is 1. The van der Waals surface area contributed by atoms with E-state index in [2.05, 4.69) is 38.8 Å². The van der Waals surface area contributed by atoms with Crippen molar-refractivity contribution >= 4 is 0 Å². The third-order valence-electron chi connectivity index (χ3n) is 6.73. The zero-order valence-electron chi connectivity index (χ0n) is 11.9. The maximum absolute atomic E-state index is 6.45. The highest BCUT2D eigenvalue weighted by Crippen LogP contribution is 2.73. The third-order valence-corrected chi connectivity index (χ3v) is 6.73. The van der Waals surface area contributed by atoms with E-state index in [1.807, 2.05) is 6.07 Å². The lowest BCUT2D eigenvalue weighted by atomic mass is 9.56. The summed E-state index contributed by atoms with van der Waals surface area (Å²) in [5.41, 5.74) is 2.72. The summed E-state index contributed by atoms with van der Waals surface area (Å²) in [4.78, 5) is 0. The Hall–Kier alpha value is -1.42. The van der Waals surface area contributed by atoms with E-state index < -0.39 is 0 Å². The van der Waals surface area contributed by atoms with Crippen molar-refractivity contribution in [3.8, 4) is 18.1 Å². The minimum absolute atomic E-state index is 0.0461. The summed E-state index contributed by atoms with van der Waals surface area (Å²) < 4.78 is 6.45. The van der Waals surface area contributed by atoms with Gasteiger partial charge in [0.15, 0.2) is 0 Å². The summed E-state index contributed by atoms with van der Waals surface area (Å²) >= 11 is 0. The molecule has 0 radical (unpaired) electrons. The van der Waals surface area contributed by atoms with Gasteiger partial charge in [0.25, 0.3) is 0 Å². The van der Waals surface area contributed by atoms with Gasteiger partial charge in [-0.25, -0.2) is 0 Å². The van der Waals surface area contributed by atoms with Crippen molar-refractivity contribution in [1.82, 2.24) is 0 Å². The molecule has 0 N–H and O–H groups in total. The topological polar surface area (TPSA) is 9.23 Å². The van der Waals surface area contributed by atoms with E-state index in [4.69, 9.17) is 11.2 Å². The second kappa shape index (κ2) is 3.01. The lowest BCUT2D eigenvalue weighted by Gasteiger charge is -2.48. The Morgan fingerprint density at radius 1 is 1.32 bits per heavy atom. The van der Waals surface area contributed by atoms with Crippen molar-refractivity contribution in [2.45, 2.75) is 51.0 Å². The van der Waals surface area contributed by atoms with Crippen molar-refractivity contribution in [1.29, 1.82) is 0 Å². The van der Waals surface area contributed by atoms with Gasteiger partial charge in [0, 0.05) is 16.5 Å². The molecule has 1 nitrogen and oxygen atoms in total. The first-order valence-electron chi connectivity index (χ1n) is 7.25. The van der Waals surface area contributed by atoms with E-state index in [-0.39, 0.29) is 11.0 Å². The minimum atomic E-state index is -0.0461. The number of hydrogen-bond donors (Lipinski definition) is 0. The molecule has 1 aromatic rings. The zero-order chi connectivity index (χ0) is 13.5. The van der Waals surface area contributed by atoms with Crippen LogP contribution in [0.5, 0.6) is 5.75 Å². The van der Waals surface area contributed by atoms with Gasteiger partial charge < -0.3 is 4.74 Å². The minimum Gasteiger partial charge on any atom is -0.486 e. The quantitative estimate of drug-likeness (QED) is 0.636. The summed E-state index contributed by atoms with van der Waals surface area (Å²) in [6.45, 7) is 7.16. The second-order valence-corrected chi connectivity index (χ2v) is 7.19. The molecule has 98 valence electrons. The van der Waals surface area contributed by atoms with Crippen molar-refractivity contribution in [3.63, 3.8) is 0 Å². The number of fused-ring (bicyclic) bond motifs is 7.